The molecule has 0 fully saturated rings. The van der Waals surface area contributed by atoms with Crippen molar-refractivity contribution in [1.29, 1.82) is 0 Å². The van der Waals surface area contributed by atoms with Gasteiger partial charge in [0, 0.05) is 5.69 Å². The summed E-state index contributed by atoms with van der Waals surface area (Å²) in [5, 5.41) is 9.06. The van der Waals surface area contributed by atoms with Gasteiger partial charge in [-0.05, 0) is 31.9 Å². The molecule has 0 aliphatic carbocycles. The number of aliphatic hydroxyl groups is 1. The van der Waals surface area contributed by atoms with Gasteiger partial charge in [-0.25, -0.2) is 0 Å². The number of aromatic nitrogens is 1. The summed E-state index contributed by atoms with van der Waals surface area (Å²) in [6.45, 7) is 1.78. The molecule has 1 rings (SSSR count). The van der Waals surface area contributed by atoms with Gasteiger partial charge in [0.25, 0.3) is 0 Å². The molecule has 0 radical (unpaired) electrons. The van der Waals surface area contributed by atoms with Gasteiger partial charge in [0.15, 0.2) is 0 Å². The van der Waals surface area contributed by atoms with Crippen LogP contribution in [0.3, 0.4) is 0 Å². The van der Waals surface area contributed by atoms with Crippen LogP contribution in [-0.2, 0) is 6.42 Å². The van der Waals surface area contributed by atoms with Gasteiger partial charge in [-0.15, -0.1) is 0 Å². The third kappa shape index (κ3) is 3.42. The Morgan fingerprint density at radius 1 is 1.54 bits per heavy atom. The number of hydrogen-bond donors (Lipinski definition) is 1. The van der Waals surface area contributed by atoms with Crippen molar-refractivity contribution < 1.29 is 9.84 Å². The molecule has 1 N–H and O–H groups in total. The van der Waals surface area contributed by atoms with Crippen LogP contribution in [-0.4, -0.2) is 23.3 Å². The molecule has 72 valence electrons. The lowest BCUT2D eigenvalue weighted by Crippen LogP contribution is -2.02. The number of pyridine rings is 1. The third-order valence-corrected chi connectivity index (χ3v) is 1.85. The first-order valence-corrected chi connectivity index (χ1v) is 4.39. The highest BCUT2D eigenvalue weighted by Crippen LogP contribution is 2.09. The van der Waals surface area contributed by atoms with Gasteiger partial charge in [0.2, 0.25) is 0 Å². The second-order valence-corrected chi connectivity index (χ2v) is 3.08. The molecule has 0 unspecified atom stereocenters. The van der Waals surface area contributed by atoms with Crippen LogP contribution >= 0.6 is 0 Å². The van der Waals surface area contributed by atoms with E-state index in [1.165, 1.54) is 0 Å². The van der Waals surface area contributed by atoms with Crippen molar-refractivity contribution in [2.45, 2.75) is 25.9 Å². The average molecular weight is 181 g/mol. The minimum absolute atomic E-state index is 0.260. The second-order valence-electron chi connectivity index (χ2n) is 3.08. The second kappa shape index (κ2) is 4.82. The smallest absolute Gasteiger partial charge is 0.137 e. The summed E-state index contributed by atoms with van der Waals surface area (Å²) in [6, 6.07) is 3.80. The molecule has 0 saturated carbocycles. The largest absolute Gasteiger partial charge is 0.495 e. The molecule has 13 heavy (non-hydrogen) atoms. The number of aryl methyl sites for hydroxylation is 1. The average Bonchev–Trinajstić information content (AvgIpc) is 2.15. The summed E-state index contributed by atoms with van der Waals surface area (Å²) >= 11 is 0. The van der Waals surface area contributed by atoms with Gasteiger partial charge in [-0.3, -0.25) is 4.98 Å². The van der Waals surface area contributed by atoms with E-state index in [1.54, 1.807) is 20.2 Å². The van der Waals surface area contributed by atoms with Gasteiger partial charge in [-0.1, -0.05) is 0 Å². The van der Waals surface area contributed by atoms with Crippen LogP contribution < -0.4 is 4.74 Å². The lowest BCUT2D eigenvalue weighted by molar-refractivity contribution is 0.184. The fourth-order valence-corrected chi connectivity index (χ4v) is 1.04. The topological polar surface area (TPSA) is 42.4 Å². The highest BCUT2D eigenvalue weighted by Gasteiger charge is 1.99. The number of ether oxygens (including phenoxy) is 1. The van der Waals surface area contributed by atoms with Crippen LogP contribution in [0, 0.1) is 0 Å². The molecule has 0 bridgehead atoms. The number of aliphatic hydroxyl groups excluding tert-OH is 1. The highest BCUT2D eigenvalue weighted by molar-refractivity contribution is 5.19. The Balaban J connectivity index is 2.49. The van der Waals surface area contributed by atoms with Crippen molar-refractivity contribution >= 4 is 0 Å². The molecule has 1 aromatic rings. The summed E-state index contributed by atoms with van der Waals surface area (Å²) in [7, 11) is 1.62. The number of nitrogens with zero attached hydrogens (tertiary/aromatic N) is 1. The normalized spacial score (nSPS) is 12.5. The van der Waals surface area contributed by atoms with Gasteiger partial charge >= 0.3 is 0 Å². The van der Waals surface area contributed by atoms with Crippen molar-refractivity contribution in [1.82, 2.24) is 4.98 Å². The molecule has 1 aromatic heterocycles. The molecule has 1 heterocycles. The van der Waals surface area contributed by atoms with E-state index in [0.29, 0.717) is 0 Å². The minimum atomic E-state index is -0.260. The first kappa shape index (κ1) is 9.99. The maximum Gasteiger partial charge on any atom is 0.137 e. The molecular formula is C10H15NO2. The Kier molecular flexibility index (Phi) is 3.71. The molecule has 1 atom stereocenters. The van der Waals surface area contributed by atoms with Crippen molar-refractivity contribution in [3.63, 3.8) is 0 Å². The summed E-state index contributed by atoms with van der Waals surface area (Å²) in [5.41, 5.74) is 0.988. The quantitative estimate of drug-likeness (QED) is 0.763. The first-order valence-electron chi connectivity index (χ1n) is 4.39. The van der Waals surface area contributed by atoms with E-state index in [9.17, 15) is 0 Å². The summed E-state index contributed by atoms with van der Waals surface area (Å²) in [4.78, 5) is 4.19. The van der Waals surface area contributed by atoms with Crippen LogP contribution in [0.4, 0.5) is 0 Å². The van der Waals surface area contributed by atoms with E-state index in [2.05, 4.69) is 4.98 Å². The molecule has 0 amide bonds. The third-order valence-electron chi connectivity index (χ3n) is 1.85. The number of hydrogen-bond acceptors (Lipinski definition) is 3. The molecule has 0 aliphatic heterocycles. The molecular weight excluding hydrogens is 166 g/mol. The van der Waals surface area contributed by atoms with E-state index >= 15 is 0 Å². The zero-order valence-corrected chi connectivity index (χ0v) is 8.03. The fraction of sp³-hybridized carbons (Fsp3) is 0.500. The van der Waals surface area contributed by atoms with Crippen LogP contribution in [0.15, 0.2) is 18.3 Å². The zero-order valence-electron chi connectivity index (χ0n) is 8.03. The lowest BCUT2D eigenvalue weighted by Gasteiger charge is -2.04. The molecule has 0 aromatic carbocycles. The van der Waals surface area contributed by atoms with Gasteiger partial charge in [0.1, 0.15) is 5.75 Å². The van der Waals surface area contributed by atoms with Gasteiger partial charge in [-0.2, -0.15) is 0 Å². The standard InChI is InChI=1S/C10H15NO2/c1-8(12)3-4-9-5-6-10(13-2)7-11-9/h5-8,12H,3-4H2,1-2H3/t8-/m1/s1. The number of methoxy groups -OCH3 is 1. The molecule has 0 saturated heterocycles. The Hall–Kier alpha value is -1.09. The Morgan fingerprint density at radius 3 is 2.77 bits per heavy atom. The summed E-state index contributed by atoms with van der Waals surface area (Å²) in [5.74, 6) is 0.765. The van der Waals surface area contributed by atoms with Crippen molar-refractivity contribution in [3.8, 4) is 5.75 Å². The lowest BCUT2D eigenvalue weighted by atomic mass is 10.1. The molecule has 3 nitrogen and oxygen atoms in total. The zero-order chi connectivity index (χ0) is 9.68. The molecule has 3 heteroatoms. The molecule has 0 aliphatic rings. The predicted molar refractivity (Wildman–Crippen MR) is 50.8 cm³/mol. The van der Waals surface area contributed by atoms with Crippen LogP contribution in [0.2, 0.25) is 0 Å². The first-order chi connectivity index (χ1) is 6.22. The van der Waals surface area contributed by atoms with E-state index in [4.69, 9.17) is 9.84 Å². The summed E-state index contributed by atoms with van der Waals surface area (Å²) in [6.07, 6.45) is 2.99. The molecule has 0 spiro atoms. The van der Waals surface area contributed by atoms with Crippen molar-refractivity contribution in [2.75, 3.05) is 7.11 Å². The van der Waals surface area contributed by atoms with E-state index < -0.39 is 0 Å². The highest BCUT2D eigenvalue weighted by atomic mass is 16.5. The van der Waals surface area contributed by atoms with Crippen molar-refractivity contribution in [3.05, 3.63) is 24.0 Å². The summed E-state index contributed by atoms with van der Waals surface area (Å²) < 4.78 is 4.98. The number of rotatable bonds is 4. The predicted octanol–water partition coefficient (Wildman–Crippen LogP) is 1.40. The SMILES string of the molecule is COc1ccc(CC[C@@H](C)O)nc1. The van der Waals surface area contributed by atoms with E-state index in [1.807, 2.05) is 12.1 Å². The Labute approximate surface area is 78.4 Å². The van der Waals surface area contributed by atoms with Crippen LogP contribution in [0.1, 0.15) is 19.0 Å². The van der Waals surface area contributed by atoms with Crippen LogP contribution in [0.25, 0.3) is 0 Å². The van der Waals surface area contributed by atoms with E-state index in [-0.39, 0.29) is 6.10 Å². The maximum absolute atomic E-state index is 9.06. The Bertz CT molecular complexity index is 244. The monoisotopic (exact) mass is 181 g/mol. The van der Waals surface area contributed by atoms with E-state index in [0.717, 1.165) is 24.3 Å². The maximum atomic E-state index is 9.06. The fourth-order valence-electron chi connectivity index (χ4n) is 1.04. The minimum Gasteiger partial charge on any atom is -0.495 e. The van der Waals surface area contributed by atoms with Crippen molar-refractivity contribution in [2.24, 2.45) is 0 Å². The van der Waals surface area contributed by atoms with Crippen LogP contribution in [0.5, 0.6) is 5.75 Å². The van der Waals surface area contributed by atoms with Gasteiger partial charge < -0.3 is 9.84 Å². The Morgan fingerprint density at radius 2 is 2.31 bits per heavy atom. The van der Waals surface area contributed by atoms with Gasteiger partial charge in [0.05, 0.1) is 19.4 Å².